The highest BCUT2D eigenvalue weighted by atomic mass is 16.5. The topological polar surface area (TPSA) is 94.1 Å². The van der Waals surface area contributed by atoms with Crippen LogP contribution in [0.5, 0.6) is 0 Å². The summed E-state index contributed by atoms with van der Waals surface area (Å²) in [6.45, 7) is 5.32. The highest BCUT2D eigenvalue weighted by molar-refractivity contribution is 6.15. The summed E-state index contributed by atoms with van der Waals surface area (Å²) < 4.78 is 5.26. The number of benzene rings is 2. The molecule has 208 valence electrons. The summed E-state index contributed by atoms with van der Waals surface area (Å²) in [5, 5.41) is 8.21. The van der Waals surface area contributed by atoms with Crippen LogP contribution in [0.15, 0.2) is 53.7 Å². The number of likely N-dealkylation sites (tertiary alicyclic amines) is 2. The van der Waals surface area contributed by atoms with Gasteiger partial charge in [-0.3, -0.25) is 24.6 Å². The Balaban J connectivity index is 1.12. The molecule has 3 aliphatic heterocycles. The minimum atomic E-state index is -0.697. The zero-order valence-electron chi connectivity index (χ0n) is 23.0. The molecule has 1 aliphatic carbocycles. The van der Waals surface area contributed by atoms with Gasteiger partial charge < -0.3 is 14.5 Å². The fourth-order valence-electron chi connectivity index (χ4n) is 6.39. The monoisotopic (exact) mass is 540 g/mol. The van der Waals surface area contributed by atoms with E-state index in [2.05, 4.69) is 51.5 Å². The number of hydrogen-bond acceptors (Lipinski definition) is 6. The number of carbonyl (C=O) groups excluding carboxylic acids is 2. The van der Waals surface area contributed by atoms with Gasteiger partial charge in [0.15, 0.2) is 0 Å². The zero-order chi connectivity index (χ0) is 27.3. The van der Waals surface area contributed by atoms with Crippen LogP contribution < -0.4 is 0 Å². The zero-order valence-corrected chi connectivity index (χ0v) is 23.0. The van der Waals surface area contributed by atoms with Crippen LogP contribution in [0.2, 0.25) is 0 Å². The number of piperidine rings is 1. The lowest BCUT2D eigenvalue weighted by molar-refractivity contribution is -0.140. The molecule has 1 N–H and O–H groups in total. The first-order chi connectivity index (χ1) is 19.5. The van der Waals surface area contributed by atoms with Crippen LogP contribution in [0.1, 0.15) is 31.2 Å². The molecule has 1 spiro atoms. The van der Waals surface area contributed by atoms with Gasteiger partial charge in [0.05, 0.1) is 18.3 Å². The molecule has 1 saturated carbocycles. The number of amides is 2. The number of aliphatic imine (C=N–C) groups is 1. The van der Waals surface area contributed by atoms with E-state index in [1.807, 2.05) is 22.1 Å². The van der Waals surface area contributed by atoms with Gasteiger partial charge in [-0.15, -0.1) is 0 Å². The van der Waals surface area contributed by atoms with Crippen molar-refractivity contribution in [2.75, 3.05) is 53.0 Å². The quantitative estimate of drug-likeness (QED) is 0.474. The van der Waals surface area contributed by atoms with Crippen molar-refractivity contribution < 1.29 is 14.3 Å². The number of nitrogens with zero attached hydrogens (tertiary/aromatic N) is 5. The number of carbonyl (C=O) groups is 2. The number of aromatic nitrogens is 2. The van der Waals surface area contributed by atoms with E-state index in [4.69, 9.17) is 9.73 Å². The molecule has 2 aromatic carbocycles. The van der Waals surface area contributed by atoms with Crippen LogP contribution in [0, 0.1) is 11.8 Å². The van der Waals surface area contributed by atoms with Crippen molar-refractivity contribution in [2.45, 2.75) is 31.2 Å². The maximum absolute atomic E-state index is 14.1. The summed E-state index contributed by atoms with van der Waals surface area (Å²) in [5.74, 6) is 1.72. The third-order valence-corrected chi connectivity index (χ3v) is 9.07. The van der Waals surface area contributed by atoms with Gasteiger partial charge in [-0.2, -0.15) is 5.10 Å². The number of aromatic amines is 1. The molecule has 9 heteroatoms. The smallest absolute Gasteiger partial charge is 0.256 e. The molecule has 9 nitrogen and oxygen atoms in total. The normalized spacial score (nSPS) is 21.3. The van der Waals surface area contributed by atoms with Crippen molar-refractivity contribution in [3.8, 4) is 11.1 Å². The Morgan fingerprint density at radius 1 is 1.05 bits per heavy atom. The van der Waals surface area contributed by atoms with E-state index < -0.39 is 5.54 Å². The SMILES string of the molecule is COCCN1CCC2(CC1)N=C(c1ccc(-c3ccc4[nH]ncc4c3)cc1)N(CC1CN(C(=O)C3CC3)C1)C2=O. The number of H-pyrrole nitrogens is 1. The number of hydrogen-bond donors (Lipinski definition) is 1. The Labute approximate surface area is 234 Å². The number of ether oxygens (including phenoxy) is 1. The first-order valence-corrected chi connectivity index (χ1v) is 14.5. The van der Waals surface area contributed by atoms with E-state index in [9.17, 15) is 9.59 Å². The predicted octanol–water partition coefficient (Wildman–Crippen LogP) is 3.17. The lowest BCUT2D eigenvalue weighted by atomic mass is 9.87. The van der Waals surface area contributed by atoms with Crippen LogP contribution in [0.4, 0.5) is 0 Å². The van der Waals surface area contributed by atoms with Gasteiger partial charge in [0, 0.05) is 69.2 Å². The Hall–Kier alpha value is -3.56. The van der Waals surface area contributed by atoms with E-state index in [1.54, 1.807) is 7.11 Å². The van der Waals surface area contributed by atoms with Gasteiger partial charge in [0.2, 0.25) is 5.91 Å². The molecule has 3 aromatic rings. The summed E-state index contributed by atoms with van der Waals surface area (Å²) in [7, 11) is 1.72. The fourth-order valence-corrected chi connectivity index (χ4v) is 6.39. The Morgan fingerprint density at radius 3 is 2.50 bits per heavy atom. The van der Waals surface area contributed by atoms with Crippen molar-refractivity contribution in [3.63, 3.8) is 0 Å². The second kappa shape index (κ2) is 10.1. The van der Waals surface area contributed by atoms with Gasteiger partial charge in [0.25, 0.3) is 5.91 Å². The molecule has 7 rings (SSSR count). The maximum Gasteiger partial charge on any atom is 0.256 e. The molecule has 1 aromatic heterocycles. The summed E-state index contributed by atoms with van der Waals surface area (Å²) in [6, 6.07) is 14.7. The molecule has 4 aliphatic rings. The van der Waals surface area contributed by atoms with Gasteiger partial charge in [-0.25, -0.2) is 0 Å². The lowest BCUT2D eigenvalue weighted by Crippen LogP contribution is -2.57. The molecule has 4 heterocycles. The van der Waals surface area contributed by atoms with Crippen molar-refractivity contribution >= 4 is 28.6 Å². The minimum absolute atomic E-state index is 0.121. The van der Waals surface area contributed by atoms with Crippen LogP contribution >= 0.6 is 0 Å². The van der Waals surface area contributed by atoms with E-state index in [-0.39, 0.29) is 17.7 Å². The first-order valence-electron chi connectivity index (χ1n) is 14.5. The molecular formula is C31H36N6O3. The van der Waals surface area contributed by atoms with Gasteiger partial charge >= 0.3 is 0 Å². The molecule has 40 heavy (non-hydrogen) atoms. The van der Waals surface area contributed by atoms with Crippen molar-refractivity contribution in [1.82, 2.24) is 24.9 Å². The fraction of sp³-hybridized carbons (Fsp3) is 0.484. The van der Waals surface area contributed by atoms with E-state index in [0.717, 1.165) is 91.8 Å². The van der Waals surface area contributed by atoms with Crippen LogP contribution in [0.3, 0.4) is 0 Å². The van der Waals surface area contributed by atoms with E-state index in [1.165, 1.54) is 0 Å². The van der Waals surface area contributed by atoms with Crippen LogP contribution in [-0.2, 0) is 14.3 Å². The molecule has 0 bridgehead atoms. The molecular weight excluding hydrogens is 504 g/mol. The molecule has 0 radical (unpaired) electrons. The van der Waals surface area contributed by atoms with E-state index >= 15 is 0 Å². The first kappa shape index (κ1) is 25.4. The molecule has 2 saturated heterocycles. The minimum Gasteiger partial charge on any atom is -0.383 e. The maximum atomic E-state index is 14.1. The Morgan fingerprint density at radius 2 is 1.77 bits per heavy atom. The number of rotatable bonds is 8. The number of fused-ring (bicyclic) bond motifs is 1. The second-order valence-electron chi connectivity index (χ2n) is 11.9. The summed E-state index contributed by atoms with van der Waals surface area (Å²) in [4.78, 5) is 38.0. The summed E-state index contributed by atoms with van der Waals surface area (Å²) >= 11 is 0. The number of nitrogens with one attached hydrogen (secondary N) is 1. The Kier molecular flexibility index (Phi) is 6.43. The molecule has 0 unspecified atom stereocenters. The van der Waals surface area contributed by atoms with E-state index in [0.29, 0.717) is 19.1 Å². The second-order valence-corrected chi connectivity index (χ2v) is 11.9. The number of amidine groups is 1. The largest absolute Gasteiger partial charge is 0.383 e. The standard InChI is InChI=1S/C31H36N6O3/c1-40-15-14-35-12-10-31(11-13-35)30(39)37(20-21-18-36(19-21)29(38)24-6-7-24)28(33-31)23-4-2-22(3-5-23)25-8-9-27-26(16-25)17-32-34-27/h2-5,8-9,16-17,21,24H,6-7,10-15,18-20H2,1H3,(H,32,34). The number of methoxy groups -OCH3 is 1. The van der Waals surface area contributed by atoms with Crippen molar-refractivity contribution in [2.24, 2.45) is 16.8 Å². The van der Waals surface area contributed by atoms with Crippen molar-refractivity contribution in [1.29, 1.82) is 0 Å². The van der Waals surface area contributed by atoms with Gasteiger partial charge in [0.1, 0.15) is 11.4 Å². The van der Waals surface area contributed by atoms with Crippen LogP contribution in [0.25, 0.3) is 22.0 Å². The third kappa shape index (κ3) is 4.61. The molecule has 0 atom stereocenters. The third-order valence-electron chi connectivity index (χ3n) is 9.07. The summed E-state index contributed by atoms with van der Waals surface area (Å²) in [5.41, 5.74) is 3.51. The van der Waals surface area contributed by atoms with Crippen LogP contribution in [-0.4, -0.2) is 101 Å². The van der Waals surface area contributed by atoms with Crippen molar-refractivity contribution in [3.05, 3.63) is 54.2 Å². The summed E-state index contributed by atoms with van der Waals surface area (Å²) in [6.07, 6.45) is 5.32. The lowest BCUT2D eigenvalue weighted by Gasteiger charge is -2.42. The van der Waals surface area contributed by atoms with Gasteiger partial charge in [-0.05, 0) is 48.9 Å². The Bertz CT molecular complexity index is 1450. The van der Waals surface area contributed by atoms with Gasteiger partial charge in [-0.1, -0.05) is 30.3 Å². The molecule has 3 fully saturated rings. The molecule has 2 amide bonds. The highest BCUT2D eigenvalue weighted by Crippen LogP contribution is 2.38. The highest BCUT2D eigenvalue weighted by Gasteiger charge is 2.51. The average molecular weight is 541 g/mol. The average Bonchev–Trinajstić information content (AvgIpc) is 3.65. The predicted molar refractivity (Wildman–Crippen MR) is 153 cm³/mol.